The first-order valence-corrected chi connectivity index (χ1v) is 13.4. The van der Waals surface area contributed by atoms with E-state index >= 15 is 0 Å². The molecular formula is C22H41NO4S. The van der Waals surface area contributed by atoms with E-state index in [1.54, 1.807) is 0 Å². The second kappa shape index (κ2) is 9.32. The number of sulfone groups is 1. The summed E-state index contributed by atoms with van der Waals surface area (Å²) in [7, 11) is -3.28. The molecule has 0 amide bonds. The molecule has 3 unspecified atom stereocenters. The van der Waals surface area contributed by atoms with Crippen molar-refractivity contribution in [3.05, 3.63) is 0 Å². The number of aliphatic hydroxyl groups is 1. The first kappa shape index (κ1) is 22.5. The number of unbranched alkanes of at least 4 members (excludes halogenated alkanes) is 1. The number of aliphatic hydroxyl groups excluding tert-OH is 1. The summed E-state index contributed by atoms with van der Waals surface area (Å²) in [6.07, 6.45) is 10.7. The van der Waals surface area contributed by atoms with Crippen molar-refractivity contribution in [3.8, 4) is 0 Å². The molecule has 3 aliphatic rings. The SMILES string of the molecule is CCCC[C@]1(CC)CS(=O)(=O)C2CCC(NO)CC2[C@H](C2CCCCC2)[C@@H]1O. The Balaban J connectivity index is 2.04. The van der Waals surface area contributed by atoms with Crippen molar-refractivity contribution in [2.45, 2.75) is 108 Å². The van der Waals surface area contributed by atoms with Crippen LogP contribution in [0.4, 0.5) is 0 Å². The summed E-state index contributed by atoms with van der Waals surface area (Å²) in [6, 6.07) is -0.0560. The Hall–Kier alpha value is -0.170. The van der Waals surface area contributed by atoms with Gasteiger partial charge in [0, 0.05) is 11.5 Å². The van der Waals surface area contributed by atoms with Crippen molar-refractivity contribution in [2.75, 3.05) is 5.75 Å². The first-order chi connectivity index (χ1) is 13.4. The van der Waals surface area contributed by atoms with Crippen molar-refractivity contribution in [1.29, 1.82) is 0 Å². The van der Waals surface area contributed by atoms with Gasteiger partial charge in [-0.2, -0.15) is 0 Å². The van der Waals surface area contributed by atoms with Gasteiger partial charge in [0.05, 0.1) is 17.1 Å². The maximum Gasteiger partial charge on any atom is 0.154 e. The number of hydroxylamine groups is 1. The lowest BCUT2D eigenvalue weighted by Crippen LogP contribution is -2.49. The van der Waals surface area contributed by atoms with Crippen LogP contribution in [0.3, 0.4) is 0 Å². The van der Waals surface area contributed by atoms with E-state index in [4.69, 9.17) is 0 Å². The fourth-order valence-corrected chi connectivity index (χ4v) is 9.60. The monoisotopic (exact) mass is 415 g/mol. The highest BCUT2D eigenvalue weighted by Gasteiger charge is 2.56. The van der Waals surface area contributed by atoms with Crippen LogP contribution < -0.4 is 5.48 Å². The van der Waals surface area contributed by atoms with Crippen LogP contribution in [0.25, 0.3) is 0 Å². The zero-order valence-corrected chi connectivity index (χ0v) is 18.6. The van der Waals surface area contributed by atoms with E-state index in [-0.39, 0.29) is 28.9 Å². The largest absolute Gasteiger partial charge is 0.392 e. The maximum absolute atomic E-state index is 13.5. The lowest BCUT2D eigenvalue weighted by Gasteiger charge is -2.46. The van der Waals surface area contributed by atoms with Crippen LogP contribution in [0, 0.1) is 23.2 Å². The predicted octanol–water partition coefficient (Wildman–Crippen LogP) is 4.07. The van der Waals surface area contributed by atoms with Crippen molar-refractivity contribution >= 4 is 9.84 Å². The quantitative estimate of drug-likeness (QED) is 0.569. The van der Waals surface area contributed by atoms with Crippen LogP contribution in [0.5, 0.6) is 0 Å². The van der Waals surface area contributed by atoms with Gasteiger partial charge in [-0.15, -0.1) is 0 Å². The summed E-state index contributed by atoms with van der Waals surface area (Å²) in [5.74, 6) is 0.542. The van der Waals surface area contributed by atoms with E-state index in [1.807, 2.05) is 0 Å². The van der Waals surface area contributed by atoms with Crippen molar-refractivity contribution in [3.63, 3.8) is 0 Å². The molecule has 1 saturated heterocycles. The molecule has 3 N–H and O–H groups in total. The number of nitrogens with one attached hydrogen (secondary N) is 1. The summed E-state index contributed by atoms with van der Waals surface area (Å²) in [5, 5.41) is 21.0. The van der Waals surface area contributed by atoms with Crippen LogP contribution in [0.2, 0.25) is 0 Å². The van der Waals surface area contributed by atoms with Gasteiger partial charge in [-0.1, -0.05) is 58.8 Å². The fourth-order valence-electron chi connectivity index (χ4n) is 6.74. The molecule has 3 fully saturated rings. The van der Waals surface area contributed by atoms with Crippen LogP contribution in [-0.2, 0) is 9.84 Å². The third-order valence-corrected chi connectivity index (χ3v) is 10.9. The van der Waals surface area contributed by atoms with E-state index in [2.05, 4.69) is 19.3 Å². The molecule has 0 bridgehead atoms. The molecule has 6 atom stereocenters. The highest BCUT2D eigenvalue weighted by Crippen LogP contribution is 2.52. The average molecular weight is 416 g/mol. The molecule has 6 heteroatoms. The minimum Gasteiger partial charge on any atom is -0.392 e. The topological polar surface area (TPSA) is 86.6 Å². The smallest absolute Gasteiger partial charge is 0.154 e. The first-order valence-electron chi connectivity index (χ1n) is 11.7. The van der Waals surface area contributed by atoms with Gasteiger partial charge >= 0.3 is 0 Å². The van der Waals surface area contributed by atoms with Crippen LogP contribution in [-0.4, -0.2) is 41.9 Å². The van der Waals surface area contributed by atoms with Crippen molar-refractivity contribution in [1.82, 2.24) is 5.48 Å². The van der Waals surface area contributed by atoms with Crippen molar-refractivity contribution in [2.24, 2.45) is 23.2 Å². The maximum atomic E-state index is 13.5. The van der Waals surface area contributed by atoms with Gasteiger partial charge in [0.1, 0.15) is 0 Å². The molecule has 0 radical (unpaired) electrons. The molecule has 0 aromatic rings. The molecule has 1 heterocycles. The molecule has 3 rings (SSSR count). The van der Waals surface area contributed by atoms with Gasteiger partial charge in [-0.3, -0.25) is 0 Å². The minimum absolute atomic E-state index is 0.0375. The molecule has 164 valence electrons. The fraction of sp³-hybridized carbons (Fsp3) is 1.00. The summed E-state index contributed by atoms with van der Waals surface area (Å²) < 4.78 is 27.1. The number of rotatable bonds is 6. The Labute approximate surface area is 171 Å². The van der Waals surface area contributed by atoms with Gasteiger partial charge < -0.3 is 10.3 Å². The third-order valence-electron chi connectivity index (χ3n) is 8.38. The molecule has 2 aliphatic carbocycles. The Morgan fingerprint density at radius 1 is 1.07 bits per heavy atom. The molecule has 2 saturated carbocycles. The van der Waals surface area contributed by atoms with Gasteiger partial charge in [0.2, 0.25) is 0 Å². The summed E-state index contributed by atoms with van der Waals surface area (Å²) >= 11 is 0. The highest BCUT2D eigenvalue weighted by atomic mass is 32.2. The Morgan fingerprint density at radius 2 is 1.79 bits per heavy atom. The molecule has 0 aromatic carbocycles. The van der Waals surface area contributed by atoms with E-state index in [9.17, 15) is 18.7 Å². The molecule has 0 spiro atoms. The standard InChI is InChI=1S/C22H41NO4S/c1-3-5-13-22(4-2)15-28(26,27)19-12-11-17(23-25)14-18(19)20(21(22)24)16-9-7-6-8-10-16/h16-21,23-25H,3-15H2,1-2H3/t17?,18?,19?,20-,21-,22+/m0/s1. The van der Waals surface area contributed by atoms with E-state index in [1.165, 1.54) is 19.3 Å². The van der Waals surface area contributed by atoms with Gasteiger partial charge in [0.25, 0.3) is 0 Å². The van der Waals surface area contributed by atoms with Crippen molar-refractivity contribution < 1.29 is 18.7 Å². The lowest BCUT2D eigenvalue weighted by molar-refractivity contribution is -0.0685. The Morgan fingerprint density at radius 3 is 2.39 bits per heavy atom. The Bertz CT molecular complexity index is 604. The lowest BCUT2D eigenvalue weighted by atomic mass is 9.60. The number of fused-ring (bicyclic) bond motifs is 1. The van der Waals surface area contributed by atoms with Gasteiger partial charge in [-0.05, 0) is 49.9 Å². The van der Waals surface area contributed by atoms with E-state index < -0.39 is 21.4 Å². The van der Waals surface area contributed by atoms with Crippen LogP contribution in [0.15, 0.2) is 0 Å². The second-order valence-corrected chi connectivity index (χ2v) is 12.1. The van der Waals surface area contributed by atoms with Gasteiger partial charge in [0.15, 0.2) is 9.84 Å². The Kier molecular flexibility index (Phi) is 7.49. The second-order valence-electron chi connectivity index (χ2n) is 9.89. The van der Waals surface area contributed by atoms with Crippen LogP contribution >= 0.6 is 0 Å². The number of hydrogen-bond acceptors (Lipinski definition) is 5. The average Bonchev–Trinajstić information content (AvgIpc) is 2.78. The summed E-state index contributed by atoms with van der Waals surface area (Å²) in [5.41, 5.74) is 1.90. The predicted molar refractivity (Wildman–Crippen MR) is 112 cm³/mol. The molecular weight excluding hydrogens is 374 g/mol. The third kappa shape index (κ3) is 4.30. The molecule has 0 aromatic heterocycles. The molecule has 5 nitrogen and oxygen atoms in total. The van der Waals surface area contributed by atoms with Crippen LogP contribution in [0.1, 0.15) is 90.9 Å². The zero-order valence-electron chi connectivity index (χ0n) is 17.8. The molecule has 28 heavy (non-hydrogen) atoms. The van der Waals surface area contributed by atoms with E-state index in [0.717, 1.165) is 38.5 Å². The van der Waals surface area contributed by atoms with E-state index in [0.29, 0.717) is 25.2 Å². The molecule has 1 aliphatic heterocycles. The minimum atomic E-state index is -3.28. The van der Waals surface area contributed by atoms with Gasteiger partial charge in [-0.25, -0.2) is 13.9 Å². The normalized spacial score (nSPS) is 41.9. The highest BCUT2D eigenvalue weighted by molar-refractivity contribution is 7.92. The summed E-state index contributed by atoms with van der Waals surface area (Å²) in [4.78, 5) is 0. The number of hydrogen-bond donors (Lipinski definition) is 3. The summed E-state index contributed by atoms with van der Waals surface area (Å²) in [6.45, 7) is 4.20. The zero-order chi connectivity index (χ0) is 20.4.